The molecule has 0 aliphatic rings. The van der Waals surface area contributed by atoms with E-state index >= 15 is 0 Å². The standard InChI is InChI=1S/C14H18O4/c1-10(8-17-3)9-18-14(16)13-6-4-12(5-7-13)11(2)15/h4-7,10H,8-9H2,1-3H3. The number of benzene rings is 1. The van der Waals surface area contributed by atoms with E-state index in [-0.39, 0.29) is 17.7 Å². The highest BCUT2D eigenvalue weighted by molar-refractivity contribution is 5.96. The van der Waals surface area contributed by atoms with Crippen LogP contribution in [0.3, 0.4) is 0 Å². The second-order valence-electron chi connectivity index (χ2n) is 4.29. The average molecular weight is 250 g/mol. The summed E-state index contributed by atoms with van der Waals surface area (Å²) in [6.45, 7) is 4.30. The lowest BCUT2D eigenvalue weighted by molar-refractivity contribution is 0.0372. The first-order chi connectivity index (χ1) is 8.54. The van der Waals surface area contributed by atoms with Crippen LogP contribution in [-0.2, 0) is 9.47 Å². The summed E-state index contributed by atoms with van der Waals surface area (Å²) in [5, 5.41) is 0. The average Bonchev–Trinajstić information content (AvgIpc) is 2.36. The molecule has 0 amide bonds. The van der Waals surface area contributed by atoms with E-state index in [1.54, 1.807) is 31.4 Å². The first kappa shape index (κ1) is 14.4. The fraction of sp³-hybridized carbons (Fsp3) is 0.429. The molecule has 98 valence electrons. The van der Waals surface area contributed by atoms with Crippen LogP contribution in [0, 0.1) is 5.92 Å². The number of rotatable bonds is 6. The molecule has 1 unspecified atom stereocenters. The Morgan fingerprint density at radius 1 is 1.11 bits per heavy atom. The Bertz CT molecular complexity index is 408. The van der Waals surface area contributed by atoms with Gasteiger partial charge in [0.2, 0.25) is 0 Å². The quantitative estimate of drug-likeness (QED) is 0.574. The number of carbonyl (C=O) groups excluding carboxylic acids is 2. The third-order valence-electron chi connectivity index (χ3n) is 2.48. The van der Waals surface area contributed by atoms with Gasteiger partial charge in [-0.2, -0.15) is 0 Å². The van der Waals surface area contributed by atoms with Crippen molar-refractivity contribution in [2.45, 2.75) is 13.8 Å². The highest BCUT2D eigenvalue weighted by Crippen LogP contribution is 2.07. The van der Waals surface area contributed by atoms with Gasteiger partial charge in [0.15, 0.2) is 5.78 Å². The van der Waals surface area contributed by atoms with Gasteiger partial charge >= 0.3 is 5.97 Å². The van der Waals surface area contributed by atoms with Crippen LogP contribution >= 0.6 is 0 Å². The van der Waals surface area contributed by atoms with Gasteiger partial charge in [-0.15, -0.1) is 0 Å². The predicted molar refractivity (Wildman–Crippen MR) is 67.8 cm³/mol. The Kier molecular flexibility index (Phi) is 5.52. The Balaban J connectivity index is 2.54. The largest absolute Gasteiger partial charge is 0.462 e. The van der Waals surface area contributed by atoms with Crippen molar-refractivity contribution in [3.63, 3.8) is 0 Å². The SMILES string of the molecule is COCC(C)COC(=O)c1ccc(C(C)=O)cc1. The summed E-state index contributed by atoms with van der Waals surface area (Å²) >= 11 is 0. The molecular formula is C14H18O4. The Labute approximate surface area is 107 Å². The minimum absolute atomic E-state index is 0.0244. The van der Waals surface area contributed by atoms with Crippen LogP contribution in [-0.4, -0.2) is 32.1 Å². The number of ketones is 1. The van der Waals surface area contributed by atoms with Gasteiger partial charge in [-0.25, -0.2) is 4.79 Å². The Morgan fingerprint density at radius 2 is 1.67 bits per heavy atom. The van der Waals surface area contributed by atoms with Crippen LogP contribution in [0.25, 0.3) is 0 Å². The first-order valence-electron chi connectivity index (χ1n) is 5.81. The van der Waals surface area contributed by atoms with E-state index in [2.05, 4.69) is 0 Å². The molecule has 0 spiro atoms. The van der Waals surface area contributed by atoms with Crippen LogP contribution in [0.5, 0.6) is 0 Å². The van der Waals surface area contributed by atoms with Crippen molar-refractivity contribution in [3.05, 3.63) is 35.4 Å². The zero-order chi connectivity index (χ0) is 13.5. The lowest BCUT2D eigenvalue weighted by Gasteiger charge is -2.10. The van der Waals surface area contributed by atoms with E-state index < -0.39 is 0 Å². The number of ether oxygens (including phenoxy) is 2. The number of hydrogen-bond acceptors (Lipinski definition) is 4. The molecule has 0 saturated carbocycles. The maximum Gasteiger partial charge on any atom is 0.338 e. The zero-order valence-electron chi connectivity index (χ0n) is 10.9. The molecule has 4 nitrogen and oxygen atoms in total. The molecule has 4 heteroatoms. The second-order valence-corrected chi connectivity index (χ2v) is 4.29. The maximum atomic E-state index is 11.7. The molecule has 1 atom stereocenters. The Morgan fingerprint density at radius 3 is 2.17 bits per heavy atom. The maximum absolute atomic E-state index is 11.7. The van der Waals surface area contributed by atoms with E-state index in [9.17, 15) is 9.59 Å². The third-order valence-corrected chi connectivity index (χ3v) is 2.48. The van der Waals surface area contributed by atoms with Gasteiger partial charge in [0.05, 0.1) is 18.8 Å². The zero-order valence-corrected chi connectivity index (χ0v) is 10.9. The normalized spacial score (nSPS) is 11.9. The van der Waals surface area contributed by atoms with Gasteiger partial charge in [-0.1, -0.05) is 19.1 Å². The topological polar surface area (TPSA) is 52.6 Å². The van der Waals surface area contributed by atoms with Crippen molar-refractivity contribution < 1.29 is 19.1 Å². The van der Waals surface area contributed by atoms with Gasteiger partial charge in [0.25, 0.3) is 0 Å². The number of methoxy groups -OCH3 is 1. The van der Waals surface area contributed by atoms with Crippen LogP contribution < -0.4 is 0 Å². The molecule has 0 heterocycles. The molecule has 1 aromatic carbocycles. The summed E-state index contributed by atoms with van der Waals surface area (Å²) in [5.41, 5.74) is 1.03. The lowest BCUT2D eigenvalue weighted by atomic mass is 10.1. The monoisotopic (exact) mass is 250 g/mol. The molecule has 1 rings (SSSR count). The molecule has 0 aromatic heterocycles. The molecule has 0 saturated heterocycles. The third kappa shape index (κ3) is 4.30. The van der Waals surface area contributed by atoms with Gasteiger partial charge in [-0.05, 0) is 19.1 Å². The molecule has 0 aliphatic carbocycles. The number of hydrogen-bond donors (Lipinski definition) is 0. The molecule has 18 heavy (non-hydrogen) atoms. The highest BCUT2D eigenvalue weighted by Gasteiger charge is 2.10. The summed E-state index contributed by atoms with van der Waals surface area (Å²) < 4.78 is 10.1. The number of Topliss-reactive ketones (excluding diaryl/α,β-unsaturated/α-hetero) is 1. The van der Waals surface area contributed by atoms with Crippen molar-refractivity contribution in [2.75, 3.05) is 20.3 Å². The smallest absolute Gasteiger partial charge is 0.338 e. The van der Waals surface area contributed by atoms with Crippen LogP contribution in [0.2, 0.25) is 0 Å². The Hall–Kier alpha value is -1.68. The molecule has 0 N–H and O–H groups in total. The minimum Gasteiger partial charge on any atom is -0.462 e. The summed E-state index contributed by atoms with van der Waals surface area (Å²) in [5.74, 6) is -0.243. The van der Waals surface area contributed by atoms with Gasteiger partial charge in [0.1, 0.15) is 0 Å². The van der Waals surface area contributed by atoms with Crippen molar-refractivity contribution in [2.24, 2.45) is 5.92 Å². The van der Waals surface area contributed by atoms with E-state index in [0.29, 0.717) is 24.3 Å². The van der Waals surface area contributed by atoms with Gasteiger partial charge < -0.3 is 9.47 Å². The predicted octanol–water partition coefficient (Wildman–Crippen LogP) is 2.33. The van der Waals surface area contributed by atoms with Crippen molar-refractivity contribution in [1.82, 2.24) is 0 Å². The first-order valence-corrected chi connectivity index (χ1v) is 5.81. The molecule has 1 aromatic rings. The van der Waals surface area contributed by atoms with Gasteiger partial charge in [0, 0.05) is 18.6 Å². The van der Waals surface area contributed by atoms with E-state index in [0.717, 1.165) is 0 Å². The molecule has 0 bridgehead atoms. The summed E-state index contributed by atoms with van der Waals surface area (Å²) in [4.78, 5) is 22.8. The molecule has 0 aliphatic heterocycles. The van der Waals surface area contributed by atoms with E-state index in [1.807, 2.05) is 6.92 Å². The summed E-state index contributed by atoms with van der Waals surface area (Å²) in [7, 11) is 1.61. The van der Waals surface area contributed by atoms with Crippen molar-refractivity contribution >= 4 is 11.8 Å². The number of carbonyl (C=O) groups is 2. The molecule has 0 fully saturated rings. The second kappa shape index (κ2) is 6.91. The molecular weight excluding hydrogens is 232 g/mol. The van der Waals surface area contributed by atoms with Crippen LogP contribution in [0.1, 0.15) is 34.6 Å². The van der Waals surface area contributed by atoms with Crippen molar-refractivity contribution in [1.29, 1.82) is 0 Å². The van der Waals surface area contributed by atoms with E-state index in [4.69, 9.17) is 9.47 Å². The fourth-order valence-electron chi connectivity index (χ4n) is 1.47. The van der Waals surface area contributed by atoms with Crippen LogP contribution in [0.15, 0.2) is 24.3 Å². The van der Waals surface area contributed by atoms with Crippen molar-refractivity contribution in [3.8, 4) is 0 Å². The van der Waals surface area contributed by atoms with Crippen LogP contribution in [0.4, 0.5) is 0 Å². The molecule has 0 radical (unpaired) electrons. The summed E-state index contributed by atoms with van der Waals surface area (Å²) in [6, 6.07) is 6.44. The summed E-state index contributed by atoms with van der Waals surface area (Å²) in [6.07, 6.45) is 0. The number of esters is 1. The fourth-order valence-corrected chi connectivity index (χ4v) is 1.47. The lowest BCUT2D eigenvalue weighted by Crippen LogP contribution is -2.15. The minimum atomic E-state index is -0.381. The highest BCUT2D eigenvalue weighted by atomic mass is 16.5. The van der Waals surface area contributed by atoms with E-state index in [1.165, 1.54) is 6.92 Å². The van der Waals surface area contributed by atoms with Gasteiger partial charge in [-0.3, -0.25) is 4.79 Å².